The highest BCUT2D eigenvalue weighted by atomic mass is 16.5. The van der Waals surface area contributed by atoms with Gasteiger partial charge in [-0.3, -0.25) is 14.3 Å². The third kappa shape index (κ3) is 4.88. The number of hydrogen-bond donors (Lipinski definition) is 2. The Labute approximate surface area is 117 Å². The maximum atomic E-state index is 11.9. The zero-order valence-electron chi connectivity index (χ0n) is 11.9. The van der Waals surface area contributed by atoms with Crippen molar-refractivity contribution in [2.75, 3.05) is 33.9 Å². The Hall–Kier alpha value is -2.09. The molecule has 0 aliphatic carbocycles. The molecule has 0 aromatic carbocycles. The van der Waals surface area contributed by atoms with Crippen molar-refractivity contribution in [3.05, 3.63) is 11.8 Å². The van der Waals surface area contributed by atoms with Crippen LogP contribution < -0.4 is 15.4 Å². The monoisotopic (exact) mass is 284 g/mol. The largest absolute Gasteiger partial charge is 0.479 e. The van der Waals surface area contributed by atoms with Crippen molar-refractivity contribution in [3.63, 3.8) is 0 Å². The van der Waals surface area contributed by atoms with Crippen LogP contribution in [0.2, 0.25) is 0 Å². The fourth-order valence-corrected chi connectivity index (χ4v) is 1.54. The van der Waals surface area contributed by atoms with Crippen LogP contribution in [0.1, 0.15) is 16.8 Å². The van der Waals surface area contributed by atoms with Gasteiger partial charge in [-0.2, -0.15) is 0 Å². The predicted molar refractivity (Wildman–Crippen MR) is 71.6 cm³/mol. The van der Waals surface area contributed by atoms with Crippen LogP contribution in [0.4, 0.5) is 0 Å². The molecule has 2 amide bonds. The van der Waals surface area contributed by atoms with E-state index in [1.165, 1.54) is 18.0 Å². The number of amides is 2. The average molecular weight is 284 g/mol. The van der Waals surface area contributed by atoms with E-state index >= 15 is 0 Å². The van der Waals surface area contributed by atoms with Crippen LogP contribution in [0.3, 0.4) is 0 Å². The van der Waals surface area contributed by atoms with Crippen LogP contribution >= 0.6 is 0 Å². The molecular weight excluding hydrogens is 264 g/mol. The molecule has 0 aliphatic heterocycles. The van der Waals surface area contributed by atoms with Gasteiger partial charge >= 0.3 is 0 Å². The molecule has 0 spiro atoms. The van der Waals surface area contributed by atoms with Crippen molar-refractivity contribution >= 4 is 11.8 Å². The molecule has 1 heterocycles. The van der Waals surface area contributed by atoms with E-state index in [1.54, 1.807) is 14.2 Å². The van der Waals surface area contributed by atoms with E-state index in [-0.39, 0.29) is 18.3 Å². The van der Waals surface area contributed by atoms with E-state index in [0.29, 0.717) is 18.7 Å². The quantitative estimate of drug-likeness (QED) is 0.616. The normalized spacial score (nSPS) is 10.2. The van der Waals surface area contributed by atoms with Crippen LogP contribution in [-0.2, 0) is 16.6 Å². The van der Waals surface area contributed by atoms with E-state index in [1.807, 2.05) is 0 Å². The van der Waals surface area contributed by atoms with Crippen molar-refractivity contribution in [2.45, 2.75) is 6.42 Å². The van der Waals surface area contributed by atoms with Crippen LogP contribution in [0.15, 0.2) is 6.20 Å². The van der Waals surface area contributed by atoms with E-state index in [9.17, 15) is 9.59 Å². The molecular formula is C12H20N4O4. The number of carbonyl (C=O) groups is 2. The van der Waals surface area contributed by atoms with Gasteiger partial charge in [-0.15, -0.1) is 5.10 Å². The first kappa shape index (κ1) is 16.0. The molecule has 112 valence electrons. The Morgan fingerprint density at radius 2 is 2.10 bits per heavy atom. The fourth-order valence-electron chi connectivity index (χ4n) is 1.54. The number of rotatable bonds is 8. The maximum Gasteiger partial charge on any atom is 0.258 e. The second kappa shape index (κ2) is 8.16. The number of aryl methyl sites for hydroxylation is 1. The Morgan fingerprint density at radius 1 is 1.35 bits per heavy atom. The second-order valence-corrected chi connectivity index (χ2v) is 4.10. The maximum absolute atomic E-state index is 11.9. The number of aromatic nitrogens is 2. The molecule has 1 rings (SSSR count). The highest BCUT2D eigenvalue weighted by Crippen LogP contribution is 2.13. The molecule has 20 heavy (non-hydrogen) atoms. The van der Waals surface area contributed by atoms with Crippen molar-refractivity contribution in [1.29, 1.82) is 0 Å². The van der Waals surface area contributed by atoms with Crippen molar-refractivity contribution in [1.82, 2.24) is 20.4 Å². The lowest BCUT2D eigenvalue weighted by atomic mass is 10.3. The summed E-state index contributed by atoms with van der Waals surface area (Å²) in [5.74, 6) is -0.426. The standard InChI is InChI=1S/C12H20N4O4/c1-16-8-9(12(15-16)20-3)11(18)14-7-10(17)13-5-4-6-19-2/h8H,4-7H2,1-3H3,(H,13,17)(H,14,18). The van der Waals surface area contributed by atoms with Crippen LogP contribution in [0, 0.1) is 0 Å². The molecule has 1 aromatic heterocycles. The summed E-state index contributed by atoms with van der Waals surface area (Å²) in [6.45, 7) is 1.00. The Bertz CT molecular complexity index is 458. The topological polar surface area (TPSA) is 94.5 Å². The van der Waals surface area contributed by atoms with Crippen LogP contribution in [0.5, 0.6) is 5.88 Å². The molecule has 0 saturated carbocycles. The molecule has 2 N–H and O–H groups in total. The lowest BCUT2D eigenvalue weighted by molar-refractivity contribution is -0.120. The van der Waals surface area contributed by atoms with Crippen molar-refractivity contribution in [3.8, 4) is 5.88 Å². The zero-order valence-corrected chi connectivity index (χ0v) is 11.9. The number of nitrogens with one attached hydrogen (secondary N) is 2. The second-order valence-electron chi connectivity index (χ2n) is 4.10. The smallest absolute Gasteiger partial charge is 0.258 e. The minimum atomic E-state index is -0.401. The lowest BCUT2D eigenvalue weighted by Gasteiger charge is -2.06. The van der Waals surface area contributed by atoms with E-state index in [4.69, 9.17) is 9.47 Å². The first-order valence-electron chi connectivity index (χ1n) is 6.20. The van der Waals surface area contributed by atoms with Gasteiger partial charge < -0.3 is 20.1 Å². The summed E-state index contributed by atoms with van der Waals surface area (Å²) in [6, 6.07) is 0. The van der Waals surface area contributed by atoms with Gasteiger partial charge in [0.1, 0.15) is 5.56 Å². The molecule has 1 aromatic rings. The SMILES string of the molecule is COCCCNC(=O)CNC(=O)c1cn(C)nc1OC. The lowest BCUT2D eigenvalue weighted by Crippen LogP contribution is -2.37. The average Bonchev–Trinajstić information content (AvgIpc) is 2.82. The zero-order chi connectivity index (χ0) is 15.0. The van der Waals surface area contributed by atoms with Gasteiger partial charge in [0.15, 0.2) is 0 Å². The van der Waals surface area contributed by atoms with Gasteiger partial charge in [0.05, 0.1) is 13.7 Å². The summed E-state index contributed by atoms with van der Waals surface area (Å²) >= 11 is 0. The van der Waals surface area contributed by atoms with Gasteiger partial charge in [-0.25, -0.2) is 0 Å². The fraction of sp³-hybridized carbons (Fsp3) is 0.583. The molecule has 0 aliphatic rings. The molecule has 0 fully saturated rings. The molecule has 0 atom stereocenters. The van der Waals surface area contributed by atoms with E-state index < -0.39 is 5.91 Å². The summed E-state index contributed by atoms with van der Waals surface area (Å²) in [7, 11) is 4.72. The number of methoxy groups -OCH3 is 2. The number of hydrogen-bond acceptors (Lipinski definition) is 5. The Kier molecular flexibility index (Phi) is 6.51. The predicted octanol–water partition coefficient (Wildman–Crippen LogP) is -0.689. The summed E-state index contributed by atoms with van der Waals surface area (Å²) in [4.78, 5) is 23.4. The molecule has 0 unspecified atom stereocenters. The van der Waals surface area contributed by atoms with Gasteiger partial charge in [0.25, 0.3) is 5.91 Å². The van der Waals surface area contributed by atoms with E-state index in [0.717, 1.165) is 6.42 Å². The van der Waals surface area contributed by atoms with Gasteiger partial charge in [-0.05, 0) is 6.42 Å². The number of carbonyl (C=O) groups excluding carboxylic acids is 2. The first-order chi connectivity index (χ1) is 9.58. The molecule has 0 bridgehead atoms. The molecule has 0 radical (unpaired) electrons. The summed E-state index contributed by atoms with van der Waals surface area (Å²) in [5.41, 5.74) is 0.294. The third-order valence-corrected chi connectivity index (χ3v) is 2.49. The van der Waals surface area contributed by atoms with Crippen molar-refractivity contribution < 1.29 is 19.1 Å². The summed E-state index contributed by atoms with van der Waals surface area (Å²) in [5, 5.41) is 9.15. The number of nitrogens with zero attached hydrogens (tertiary/aromatic N) is 2. The molecule has 8 heteroatoms. The summed E-state index contributed by atoms with van der Waals surface area (Å²) in [6.07, 6.45) is 2.26. The minimum Gasteiger partial charge on any atom is -0.479 e. The Balaban J connectivity index is 2.37. The molecule has 8 nitrogen and oxygen atoms in total. The number of ether oxygens (including phenoxy) is 2. The van der Waals surface area contributed by atoms with E-state index in [2.05, 4.69) is 15.7 Å². The van der Waals surface area contributed by atoms with Crippen LogP contribution in [0.25, 0.3) is 0 Å². The van der Waals surface area contributed by atoms with Gasteiger partial charge in [0.2, 0.25) is 11.8 Å². The highest BCUT2D eigenvalue weighted by Gasteiger charge is 2.16. The van der Waals surface area contributed by atoms with Gasteiger partial charge in [0, 0.05) is 33.5 Å². The Morgan fingerprint density at radius 3 is 2.75 bits per heavy atom. The van der Waals surface area contributed by atoms with Crippen molar-refractivity contribution in [2.24, 2.45) is 7.05 Å². The molecule has 0 saturated heterocycles. The van der Waals surface area contributed by atoms with Gasteiger partial charge in [-0.1, -0.05) is 0 Å². The summed E-state index contributed by atoms with van der Waals surface area (Å²) < 4.78 is 11.3. The highest BCUT2D eigenvalue weighted by molar-refractivity contribution is 5.98. The van der Waals surface area contributed by atoms with Crippen LogP contribution in [-0.4, -0.2) is 55.5 Å². The first-order valence-corrected chi connectivity index (χ1v) is 6.20. The third-order valence-electron chi connectivity index (χ3n) is 2.49. The minimum absolute atomic E-state index is 0.0934.